The van der Waals surface area contributed by atoms with Crippen molar-refractivity contribution in [3.8, 4) is 0 Å². The summed E-state index contributed by atoms with van der Waals surface area (Å²) in [5.41, 5.74) is 0. The van der Waals surface area contributed by atoms with Crippen molar-refractivity contribution in [2.75, 3.05) is 0 Å². The fourth-order valence-electron chi connectivity index (χ4n) is 0. The Kier molecular flexibility index (Phi) is 2080. The van der Waals surface area contributed by atoms with Gasteiger partial charge in [0.2, 0.25) is 0 Å². The third-order valence-corrected chi connectivity index (χ3v) is 0. The standard InChI is InChI=1S/34Na.H2O.34H/h;;;;;;;;;;;;;;;;;;;;;;;;;;;;;;;;;;1H2;;;;;;;;;;;;;;;;;;;;;;;;;;;;;;;;;;. The molecular formula is H36Na34O. The molecule has 0 saturated carbocycles. The first kappa shape index (κ1) is 276. The van der Waals surface area contributed by atoms with Gasteiger partial charge in [0.15, 0.2) is 0 Å². The van der Waals surface area contributed by atoms with Crippen LogP contribution in [0.1, 0.15) is 0 Å². The second-order valence-corrected chi connectivity index (χ2v) is 0. The van der Waals surface area contributed by atoms with E-state index in [0.29, 0.717) is 0 Å². The Morgan fingerprint density at radius 3 is 0.0571 bits per heavy atom. The van der Waals surface area contributed by atoms with Crippen LogP contribution >= 0.6 is 0 Å². The first-order valence-corrected chi connectivity index (χ1v) is 0. The van der Waals surface area contributed by atoms with Crippen molar-refractivity contribution in [1.82, 2.24) is 0 Å². The van der Waals surface area contributed by atoms with Crippen LogP contribution in [-0.4, -0.2) is 1010 Å². The monoisotopic (exact) mass is 834 g/mol. The Labute approximate surface area is 973 Å². The van der Waals surface area contributed by atoms with Gasteiger partial charge >= 0.3 is 1000 Å². The van der Waals surface area contributed by atoms with Crippen LogP contribution in [0.5, 0.6) is 0 Å². The molecule has 0 atom stereocenters. The summed E-state index contributed by atoms with van der Waals surface area (Å²) in [6.45, 7) is 0. The van der Waals surface area contributed by atoms with E-state index in [0.717, 1.165) is 0 Å². The molecular weight excluding hydrogens is 798 g/mol. The van der Waals surface area contributed by atoms with E-state index in [9.17, 15) is 0 Å². The van der Waals surface area contributed by atoms with E-state index < -0.39 is 0 Å². The zero-order valence-corrected chi connectivity index (χ0v) is 0.500. The van der Waals surface area contributed by atoms with Crippen LogP contribution in [0.2, 0.25) is 0 Å². The molecule has 0 unspecified atom stereocenters. The topological polar surface area (TPSA) is 31.5 Å². The second-order valence-electron chi connectivity index (χ2n) is 0. The fraction of sp³-hybridized carbons (Fsp3) is 0. The molecule has 0 fully saturated rings. The number of rotatable bonds is 0. The predicted molar refractivity (Wildman–Crippen MR) is 247 cm³/mol. The molecule has 0 aliphatic heterocycles. The van der Waals surface area contributed by atoms with Crippen molar-refractivity contribution in [1.29, 1.82) is 0 Å². The van der Waals surface area contributed by atoms with E-state index in [1.807, 2.05) is 0 Å². The molecule has 0 aliphatic carbocycles. The minimum atomic E-state index is 0. The van der Waals surface area contributed by atoms with Crippen molar-refractivity contribution in [2.24, 2.45) is 0 Å². The summed E-state index contributed by atoms with van der Waals surface area (Å²) in [7, 11) is 0. The van der Waals surface area contributed by atoms with E-state index >= 15 is 0 Å². The molecule has 0 heterocycles. The van der Waals surface area contributed by atoms with Gasteiger partial charge < -0.3 is 5.48 Å². The second kappa shape index (κ2) is 264. The summed E-state index contributed by atoms with van der Waals surface area (Å²) in [5, 5.41) is 0. The summed E-state index contributed by atoms with van der Waals surface area (Å²) < 4.78 is 0. The zero-order chi connectivity index (χ0) is 0. The zero-order valence-electron chi connectivity index (χ0n) is 0.500. The van der Waals surface area contributed by atoms with Crippen LogP contribution < -0.4 is 0 Å². The molecule has 0 radical (unpaired) electrons. The Morgan fingerprint density at radius 1 is 0.0571 bits per heavy atom. The summed E-state index contributed by atoms with van der Waals surface area (Å²) in [6.07, 6.45) is 0. The van der Waals surface area contributed by atoms with Gasteiger partial charge in [-0.2, -0.15) is 0 Å². The first-order chi connectivity index (χ1) is 0. The third-order valence-electron chi connectivity index (χ3n) is 0. The Balaban J connectivity index is 0. The summed E-state index contributed by atoms with van der Waals surface area (Å²) in [4.78, 5) is 0. The molecule has 76 valence electrons. The summed E-state index contributed by atoms with van der Waals surface area (Å²) >= 11 is 0. The van der Waals surface area contributed by atoms with Crippen molar-refractivity contribution >= 4 is 1000 Å². The Hall–Kier alpha value is 34.0. The molecule has 1 nitrogen and oxygen atoms in total. The summed E-state index contributed by atoms with van der Waals surface area (Å²) in [5.74, 6) is 0. The molecule has 0 aromatic carbocycles. The van der Waals surface area contributed by atoms with Crippen LogP contribution in [0.4, 0.5) is 0 Å². The molecule has 35 heavy (non-hydrogen) atoms. The SMILES string of the molecule is O.[NaH].[NaH].[NaH].[NaH].[NaH].[NaH].[NaH].[NaH].[NaH].[NaH].[NaH].[NaH].[NaH].[NaH].[NaH].[NaH].[NaH].[NaH].[NaH].[NaH].[NaH].[NaH].[NaH].[NaH].[NaH].[NaH].[NaH].[NaH].[NaH].[NaH].[NaH].[NaH].[NaH].[NaH]. The van der Waals surface area contributed by atoms with Crippen LogP contribution in [0.3, 0.4) is 0 Å². The Bertz CT molecular complexity index is 6.55. The van der Waals surface area contributed by atoms with Gasteiger partial charge in [0.25, 0.3) is 0 Å². The minimum absolute atomic E-state index is 0. The Morgan fingerprint density at radius 2 is 0.0571 bits per heavy atom. The fourth-order valence-corrected chi connectivity index (χ4v) is 0. The van der Waals surface area contributed by atoms with Crippen LogP contribution in [0, 0.1) is 0 Å². The van der Waals surface area contributed by atoms with Gasteiger partial charge in [-0.1, -0.05) is 0 Å². The van der Waals surface area contributed by atoms with Gasteiger partial charge in [0.1, 0.15) is 0 Å². The molecule has 0 rings (SSSR count). The van der Waals surface area contributed by atoms with Crippen molar-refractivity contribution < 1.29 is 5.48 Å². The van der Waals surface area contributed by atoms with Crippen molar-refractivity contribution in [2.45, 2.75) is 0 Å². The first-order valence-electron chi connectivity index (χ1n) is 0. The molecule has 2 N–H and O–H groups in total. The quantitative estimate of drug-likeness (QED) is 0.218. The number of hydrogen-bond acceptors (Lipinski definition) is 0. The molecule has 0 aromatic heterocycles. The normalized spacial score (nSPS) is 0. The molecule has 0 aromatic rings. The van der Waals surface area contributed by atoms with Crippen LogP contribution in [-0.2, 0) is 0 Å². The predicted octanol–water partition coefficient (Wildman–Crippen LogP) is -22.9. The van der Waals surface area contributed by atoms with E-state index in [4.69, 9.17) is 0 Å². The van der Waals surface area contributed by atoms with Gasteiger partial charge in [-0.25, -0.2) is 0 Å². The average molecular weight is 834 g/mol. The van der Waals surface area contributed by atoms with Gasteiger partial charge in [-0.3, -0.25) is 0 Å². The van der Waals surface area contributed by atoms with Crippen molar-refractivity contribution in [3.63, 3.8) is 0 Å². The van der Waals surface area contributed by atoms with Gasteiger partial charge in [-0.15, -0.1) is 0 Å². The molecule has 0 bridgehead atoms. The summed E-state index contributed by atoms with van der Waals surface area (Å²) in [6, 6.07) is 0. The van der Waals surface area contributed by atoms with E-state index in [1.165, 1.54) is 0 Å². The molecule has 0 aliphatic rings. The maximum atomic E-state index is 0. The van der Waals surface area contributed by atoms with Crippen LogP contribution in [0.15, 0.2) is 0 Å². The van der Waals surface area contributed by atoms with E-state index in [1.54, 1.807) is 0 Å². The third kappa shape index (κ3) is 256. The molecule has 0 amide bonds. The molecule has 0 saturated heterocycles. The number of hydrogen-bond donors (Lipinski definition) is 0. The molecule has 0 spiro atoms. The van der Waals surface area contributed by atoms with E-state index in [-0.39, 0.29) is 1010 Å². The van der Waals surface area contributed by atoms with Gasteiger partial charge in [0.05, 0.1) is 0 Å². The van der Waals surface area contributed by atoms with Crippen molar-refractivity contribution in [3.05, 3.63) is 0 Å². The van der Waals surface area contributed by atoms with Gasteiger partial charge in [-0.05, 0) is 0 Å². The maximum absolute atomic E-state index is 0. The molecule has 35 heteroatoms. The average Bonchev–Trinajstić information content (AvgIpc) is 0. The van der Waals surface area contributed by atoms with Gasteiger partial charge in [0, 0.05) is 0 Å². The van der Waals surface area contributed by atoms with E-state index in [2.05, 4.69) is 0 Å². The van der Waals surface area contributed by atoms with Crippen LogP contribution in [0.25, 0.3) is 0 Å².